The lowest BCUT2D eigenvalue weighted by Gasteiger charge is -2.30. The van der Waals surface area contributed by atoms with E-state index in [2.05, 4.69) is 5.32 Å². The van der Waals surface area contributed by atoms with Crippen LogP contribution in [-0.2, 0) is 9.59 Å². The van der Waals surface area contributed by atoms with Crippen LogP contribution in [0.5, 0.6) is 0 Å². The van der Waals surface area contributed by atoms with Gasteiger partial charge in [-0.25, -0.2) is 0 Å². The first-order valence-electron chi connectivity index (χ1n) is 11.3. The molecule has 33 heavy (non-hydrogen) atoms. The third-order valence-corrected chi connectivity index (χ3v) is 6.23. The number of halogens is 1. The molecule has 6 nitrogen and oxygen atoms in total. The van der Waals surface area contributed by atoms with Crippen molar-refractivity contribution >= 4 is 41.1 Å². The number of hydrogen-bond donors (Lipinski definition) is 1. The molecule has 1 fully saturated rings. The maximum Gasteiger partial charge on any atom is 0.255 e. The van der Waals surface area contributed by atoms with Crippen LogP contribution in [0.15, 0.2) is 54.6 Å². The SMILES string of the molecule is CCN(CC)C(=O)c1ccc(NC(=O)C2CCN(C(=O)/C=C/c3ccccc3)CC2)cc1Cl. The van der Waals surface area contributed by atoms with Crippen molar-refractivity contribution in [2.45, 2.75) is 26.7 Å². The van der Waals surface area contributed by atoms with Gasteiger partial charge in [0, 0.05) is 43.9 Å². The van der Waals surface area contributed by atoms with Crippen molar-refractivity contribution < 1.29 is 14.4 Å². The maximum atomic E-state index is 12.7. The number of nitrogens with zero attached hydrogens (tertiary/aromatic N) is 2. The van der Waals surface area contributed by atoms with Crippen molar-refractivity contribution in [2.24, 2.45) is 5.92 Å². The Morgan fingerprint density at radius 3 is 2.33 bits per heavy atom. The van der Waals surface area contributed by atoms with Crippen LogP contribution in [-0.4, -0.2) is 53.7 Å². The third-order valence-electron chi connectivity index (χ3n) is 5.91. The predicted octanol–water partition coefficient (Wildman–Crippen LogP) is 4.71. The third kappa shape index (κ3) is 6.45. The highest BCUT2D eigenvalue weighted by molar-refractivity contribution is 6.34. The van der Waals surface area contributed by atoms with E-state index in [4.69, 9.17) is 11.6 Å². The van der Waals surface area contributed by atoms with Gasteiger partial charge in [0.2, 0.25) is 11.8 Å². The van der Waals surface area contributed by atoms with E-state index in [9.17, 15) is 14.4 Å². The summed E-state index contributed by atoms with van der Waals surface area (Å²) in [4.78, 5) is 41.2. The molecule has 0 saturated carbocycles. The van der Waals surface area contributed by atoms with E-state index in [0.29, 0.717) is 55.3 Å². The van der Waals surface area contributed by atoms with Gasteiger partial charge < -0.3 is 15.1 Å². The highest BCUT2D eigenvalue weighted by Crippen LogP contribution is 2.25. The quantitative estimate of drug-likeness (QED) is 0.599. The van der Waals surface area contributed by atoms with Crippen LogP contribution in [0.3, 0.4) is 0 Å². The smallest absolute Gasteiger partial charge is 0.255 e. The van der Waals surface area contributed by atoms with Crippen LogP contribution in [0.2, 0.25) is 5.02 Å². The molecule has 1 aliphatic rings. The van der Waals surface area contributed by atoms with Gasteiger partial charge in [0.1, 0.15) is 0 Å². The van der Waals surface area contributed by atoms with E-state index in [1.165, 1.54) is 0 Å². The molecule has 1 N–H and O–H groups in total. The monoisotopic (exact) mass is 467 g/mol. The number of piperidine rings is 1. The molecule has 1 saturated heterocycles. The summed E-state index contributed by atoms with van der Waals surface area (Å²) in [5.41, 5.74) is 1.96. The Morgan fingerprint density at radius 1 is 1.06 bits per heavy atom. The van der Waals surface area contributed by atoms with Gasteiger partial charge in [-0.2, -0.15) is 0 Å². The minimum absolute atomic E-state index is 0.0436. The number of rotatable bonds is 7. The van der Waals surface area contributed by atoms with Gasteiger partial charge >= 0.3 is 0 Å². The Morgan fingerprint density at radius 2 is 1.73 bits per heavy atom. The summed E-state index contributed by atoms with van der Waals surface area (Å²) >= 11 is 6.33. The Balaban J connectivity index is 1.53. The fourth-order valence-corrected chi connectivity index (χ4v) is 4.15. The maximum absolute atomic E-state index is 12.7. The zero-order chi connectivity index (χ0) is 23.8. The zero-order valence-electron chi connectivity index (χ0n) is 19.1. The van der Waals surface area contributed by atoms with E-state index in [1.54, 1.807) is 40.2 Å². The number of anilines is 1. The molecule has 1 aliphatic heterocycles. The number of benzene rings is 2. The summed E-state index contributed by atoms with van der Waals surface area (Å²) in [6, 6.07) is 14.6. The second-order valence-electron chi connectivity index (χ2n) is 8.00. The van der Waals surface area contributed by atoms with Crippen LogP contribution in [0.1, 0.15) is 42.6 Å². The first-order valence-corrected chi connectivity index (χ1v) is 11.7. The summed E-state index contributed by atoms with van der Waals surface area (Å²) in [6.45, 7) is 6.12. The number of carbonyl (C=O) groups excluding carboxylic acids is 3. The summed E-state index contributed by atoms with van der Waals surface area (Å²) in [5, 5.41) is 3.22. The van der Waals surface area contributed by atoms with Crippen LogP contribution >= 0.6 is 11.6 Å². The fourth-order valence-electron chi connectivity index (χ4n) is 3.89. The largest absolute Gasteiger partial charge is 0.339 e. The normalized spacial score (nSPS) is 14.3. The molecule has 1 heterocycles. The molecule has 7 heteroatoms. The molecule has 0 spiro atoms. The average molecular weight is 468 g/mol. The van der Waals surface area contributed by atoms with Crippen LogP contribution in [0.25, 0.3) is 6.08 Å². The number of hydrogen-bond acceptors (Lipinski definition) is 3. The molecule has 3 rings (SSSR count). The van der Waals surface area contributed by atoms with Gasteiger partial charge in [-0.1, -0.05) is 41.9 Å². The van der Waals surface area contributed by atoms with Gasteiger partial charge in [-0.05, 0) is 56.5 Å². The first kappa shape index (κ1) is 24.5. The summed E-state index contributed by atoms with van der Waals surface area (Å²) in [5.74, 6) is -0.442. The van der Waals surface area contributed by atoms with Crippen molar-refractivity contribution in [3.05, 3.63) is 70.8 Å². The zero-order valence-corrected chi connectivity index (χ0v) is 19.8. The standard InChI is InChI=1S/C26H30ClN3O3/c1-3-29(4-2)26(33)22-12-11-21(18-23(22)27)28-25(32)20-14-16-30(17-15-20)24(31)13-10-19-8-6-5-7-9-19/h5-13,18,20H,3-4,14-17H2,1-2H3,(H,28,32)/b13-10+. The molecule has 2 aromatic rings. The van der Waals surface area contributed by atoms with E-state index in [-0.39, 0.29) is 23.6 Å². The lowest BCUT2D eigenvalue weighted by Crippen LogP contribution is -2.40. The molecule has 174 valence electrons. The van der Waals surface area contributed by atoms with Crippen LogP contribution in [0.4, 0.5) is 5.69 Å². The molecule has 0 bridgehead atoms. The topological polar surface area (TPSA) is 69.7 Å². The van der Waals surface area contributed by atoms with E-state index >= 15 is 0 Å². The van der Waals surface area contributed by atoms with Crippen LogP contribution < -0.4 is 5.32 Å². The fraction of sp³-hybridized carbons (Fsp3) is 0.346. The molecule has 0 radical (unpaired) electrons. The summed E-state index contributed by atoms with van der Waals surface area (Å²) < 4.78 is 0. The molecular formula is C26H30ClN3O3. The molecule has 0 unspecified atom stereocenters. The number of nitrogens with one attached hydrogen (secondary N) is 1. The van der Waals surface area contributed by atoms with Crippen molar-refractivity contribution in [2.75, 3.05) is 31.5 Å². The lowest BCUT2D eigenvalue weighted by atomic mass is 9.95. The van der Waals surface area contributed by atoms with Crippen molar-refractivity contribution in [3.8, 4) is 0 Å². The van der Waals surface area contributed by atoms with E-state index in [0.717, 1.165) is 5.56 Å². The minimum Gasteiger partial charge on any atom is -0.339 e. The number of likely N-dealkylation sites (tertiary alicyclic amines) is 1. The van der Waals surface area contributed by atoms with Gasteiger partial charge in [-0.15, -0.1) is 0 Å². The average Bonchev–Trinajstić information content (AvgIpc) is 2.84. The Kier molecular flexibility index (Phi) is 8.66. The molecule has 3 amide bonds. The van der Waals surface area contributed by atoms with Gasteiger partial charge in [0.25, 0.3) is 5.91 Å². The molecule has 0 aliphatic carbocycles. The van der Waals surface area contributed by atoms with Crippen molar-refractivity contribution in [1.82, 2.24) is 9.80 Å². The Labute approximate surface area is 200 Å². The molecule has 0 atom stereocenters. The van der Waals surface area contributed by atoms with Crippen molar-refractivity contribution in [1.29, 1.82) is 0 Å². The van der Waals surface area contributed by atoms with Gasteiger partial charge in [-0.3, -0.25) is 14.4 Å². The number of amides is 3. The Hall–Kier alpha value is -3.12. The highest BCUT2D eigenvalue weighted by atomic mass is 35.5. The van der Waals surface area contributed by atoms with Crippen LogP contribution in [0, 0.1) is 5.92 Å². The first-order chi connectivity index (χ1) is 15.9. The Bertz CT molecular complexity index is 1010. The van der Waals surface area contributed by atoms with E-state index in [1.807, 2.05) is 44.2 Å². The minimum atomic E-state index is -0.178. The molecule has 2 aromatic carbocycles. The van der Waals surface area contributed by atoms with Gasteiger partial charge in [0.05, 0.1) is 10.6 Å². The highest BCUT2D eigenvalue weighted by Gasteiger charge is 2.27. The second-order valence-corrected chi connectivity index (χ2v) is 8.41. The molecule has 0 aromatic heterocycles. The predicted molar refractivity (Wildman–Crippen MR) is 132 cm³/mol. The lowest BCUT2D eigenvalue weighted by molar-refractivity contribution is -0.130. The van der Waals surface area contributed by atoms with Gasteiger partial charge in [0.15, 0.2) is 0 Å². The van der Waals surface area contributed by atoms with E-state index < -0.39 is 0 Å². The summed E-state index contributed by atoms with van der Waals surface area (Å²) in [6.07, 6.45) is 4.59. The number of carbonyl (C=O) groups is 3. The van der Waals surface area contributed by atoms with Crippen molar-refractivity contribution in [3.63, 3.8) is 0 Å². The second kappa shape index (κ2) is 11.7. The summed E-state index contributed by atoms with van der Waals surface area (Å²) in [7, 11) is 0. The molecular weight excluding hydrogens is 438 g/mol.